The van der Waals surface area contributed by atoms with Gasteiger partial charge in [0.15, 0.2) is 0 Å². The molecule has 15 heavy (non-hydrogen) atoms. The third-order valence-electron chi connectivity index (χ3n) is 2.54. The fraction of sp³-hybridized carbons (Fsp3) is 0.727. The number of carbonyl (C=O) groups is 1. The molecule has 0 saturated carbocycles. The Labute approximate surface area is 91.2 Å². The Kier molecular flexibility index (Phi) is 4.15. The Morgan fingerprint density at radius 3 is 2.40 bits per heavy atom. The van der Waals surface area contributed by atoms with Gasteiger partial charge in [-0.05, 0) is 19.8 Å². The first kappa shape index (κ1) is 12.0. The van der Waals surface area contributed by atoms with Gasteiger partial charge in [-0.15, -0.1) is 0 Å². The number of urea groups is 1. The van der Waals surface area contributed by atoms with Crippen molar-refractivity contribution in [3.63, 3.8) is 0 Å². The number of carbonyl (C=O) groups excluding carboxylic acids is 1. The molecule has 1 saturated heterocycles. The molecular weight excluding hydrogens is 192 g/mol. The maximum Gasteiger partial charge on any atom is 0.319 e. The second-order valence-corrected chi connectivity index (χ2v) is 4.23. The van der Waals surface area contributed by atoms with Crippen LogP contribution >= 0.6 is 0 Å². The zero-order valence-electron chi connectivity index (χ0n) is 9.73. The third-order valence-corrected chi connectivity index (χ3v) is 2.54. The first-order chi connectivity index (χ1) is 7.00. The van der Waals surface area contributed by atoms with Gasteiger partial charge in [-0.3, -0.25) is 0 Å². The summed E-state index contributed by atoms with van der Waals surface area (Å²) in [6.45, 7) is 3.27. The summed E-state index contributed by atoms with van der Waals surface area (Å²) in [7, 11) is 3.53. The number of hydrogen-bond acceptors (Lipinski definition) is 2. The van der Waals surface area contributed by atoms with Crippen molar-refractivity contribution in [2.75, 3.05) is 27.2 Å². The largest absolute Gasteiger partial charge is 0.389 e. The van der Waals surface area contributed by atoms with E-state index in [2.05, 4.69) is 0 Å². The van der Waals surface area contributed by atoms with Crippen molar-refractivity contribution in [1.29, 1.82) is 0 Å². The van der Waals surface area contributed by atoms with Gasteiger partial charge in [0, 0.05) is 27.2 Å². The lowest BCUT2D eigenvalue weighted by Gasteiger charge is -2.30. The van der Waals surface area contributed by atoms with Crippen molar-refractivity contribution < 1.29 is 9.90 Å². The minimum Gasteiger partial charge on any atom is -0.389 e. The standard InChI is InChI=1S/C11H20N2O2/c1-9(14)8-10-4-6-13(7-5-10)11(15)12(2)3/h8-9,14H,4-7H2,1-3H3. The molecule has 0 bridgehead atoms. The van der Waals surface area contributed by atoms with Crippen molar-refractivity contribution in [2.45, 2.75) is 25.9 Å². The molecule has 2 amide bonds. The quantitative estimate of drug-likeness (QED) is 0.661. The Bertz CT molecular complexity index is 249. The lowest BCUT2D eigenvalue weighted by Crippen LogP contribution is -2.42. The van der Waals surface area contributed by atoms with E-state index in [-0.39, 0.29) is 12.1 Å². The number of aliphatic hydroxyl groups is 1. The summed E-state index contributed by atoms with van der Waals surface area (Å²) < 4.78 is 0. The molecule has 1 N–H and O–H groups in total. The summed E-state index contributed by atoms with van der Waals surface area (Å²) in [5, 5.41) is 9.20. The molecule has 1 heterocycles. The van der Waals surface area contributed by atoms with Crippen LogP contribution in [0.5, 0.6) is 0 Å². The molecule has 0 aliphatic carbocycles. The molecule has 1 unspecified atom stereocenters. The van der Waals surface area contributed by atoms with Gasteiger partial charge >= 0.3 is 6.03 Å². The van der Waals surface area contributed by atoms with Crippen molar-refractivity contribution in [3.05, 3.63) is 11.6 Å². The summed E-state index contributed by atoms with van der Waals surface area (Å²) in [6.07, 6.45) is 3.27. The van der Waals surface area contributed by atoms with Crippen LogP contribution in [0.3, 0.4) is 0 Å². The second kappa shape index (κ2) is 5.16. The highest BCUT2D eigenvalue weighted by molar-refractivity contribution is 5.74. The van der Waals surface area contributed by atoms with Crippen LogP contribution in [0, 0.1) is 0 Å². The zero-order chi connectivity index (χ0) is 11.4. The van der Waals surface area contributed by atoms with Crippen molar-refractivity contribution in [2.24, 2.45) is 0 Å². The van der Waals surface area contributed by atoms with Crippen molar-refractivity contribution in [3.8, 4) is 0 Å². The number of rotatable bonds is 1. The maximum atomic E-state index is 11.6. The Morgan fingerprint density at radius 2 is 2.00 bits per heavy atom. The van der Waals surface area contributed by atoms with Crippen LogP contribution in [0.1, 0.15) is 19.8 Å². The molecule has 0 aromatic carbocycles. The Morgan fingerprint density at radius 1 is 1.47 bits per heavy atom. The third kappa shape index (κ3) is 3.55. The molecule has 1 rings (SSSR count). The SMILES string of the molecule is CC(O)C=C1CCN(C(=O)N(C)C)CC1. The molecule has 4 heteroatoms. The number of amides is 2. The van der Waals surface area contributed by atoms with Gasteiger partial charge in [0.1, 0.15) is 0 Å². The number of piperidine rings is 1. The van der Waals surface area contributed by atoms with E-state index >= 15 is 0 Å². The smallest absolute Gasteiger partial charge is 0.319 e. The van der Waals surface area contributed by atoms with Crippen molar-refractivity contribution in [1.82, 2.24) is 9.80 Å². The van der Waals surface area contributed by atoms with Crippen LogP contribution in [0.4, 0.5) is 4.79 Å². The summed E-state index contributed by atoms with van der Waals surface area (Å²) in [5.41, 5.74) is 1.26. The molecular formula is C11H20N2O2. The zero-order valence-corrected chi connectivity index (χ0v) is 9.73. The van der Waals surface area contributed by atoms with Crippen LogP contribution in [-0.2, 0) is 0 Å². The molecule has 4 nitrogen and oxygen atoms in total. The lowest BCUT2D eigenvalue weighted by atomic mass is 10.0. The Hall–Kier alpha value is -1.03. The molecule has 1 fully saturated rings. The maximum absolute atomic E-state index is 11.6. The first-order valence-electron chi connectivity index (χ1n) is 5.34. The molecule has 1 atom stereocenters. The predicted octanol–water partition coefficient (Wildman–Crippen LogP) is 1.07. The van der Waals surface area contributed by atoms with E-state index in [0.717, 1.165) is 25.9 Å². The van der Waals surface area contributed by atoms with E-state index in [1.54, 1.807) is 25.9 Å². The molecule has 0 radical (unpaired) electrons. The van der Waals surface area contributed by atoms with E-state index in [1.807, 2.05) is 11.0 Å². The van der Waals surface area contributed by atoms with Gasteiger partial charge in [-0.1, -0.05) is 11.6 Å². The highest BCUT2D eigenvalue weighted by atomic mass is 16.3. The molecule has 0 spiro atoms. The normalized spacial score (nSPS) is 18.7. The molecule has 0 aromatic heterocycles. The van der Waals surface area contributed by atoms with Crippen molar-refractivity contribution >= 4 is 6.03 Å². The van der Waals surface area contributed by atoms with Crippen LogP contribution in [0.25, 0.3) is 0 Å². The number of likely N-dealkylation sites (tertiary alicyclic amines) is 1. The van der Waals surface area contributed by atoms with Crippen LogP contribution in [0.2, 0.25) is 0 Å². The molecule has 0 aromatic rings. The van der Waals surface area contributed by atoms with Gasteiger partial charge in [-0.25, -0.2) is 4.79 Å². The number of aliphatic hydroxyl groups excluding tert-OH is 1. The van der Waals surface area contributed by atoms with Crippen LogP contribution < -0.4 is 0 Å². The summed E-state index contributed by atoms with van der Waals surface area (Å²) in [4.78, 5) is 15.1. The summed E-state index contributed by atoms with van der Waals surface area (Å²) >= 11 is 0. The monoisotopic (exact) mass is 212 g/mol. The van der Waals surface area contributed by atoms with E-state index in [0.29, 0.717) is 0 Å². The lowest BCUT2D eigenvalue weighted by molar-refractivity contribution is 0.166. The first-order valence-corrected chi connectivity index (χ1v) is 5.34. The number of hydrogen-bond donors (Lipinski definition) is 1. The molecule has 1 aliphatic heterocycles. The van der Waals surface area contributed by atoms with E-state index in [1.165, 1.54) is 5.57 Å². The average Bonchev–Trinajstić information content (AvgIpc) is 2.17. The summed E-state index contributed by atoms with van der Waals surface area (Å²) in [6, 6.07) is 0.0751. The minimum absolute atomic E-state index is 0.0751. The van der Waals surface area contributed by atoms with Gasteiger partial charge in [-0.2, -0.15) is 0 Å². The average molecular weight is 212 g/mol. The fourth-order valence-corrected chi connectivity index (χ4v) is 1.78. The molecule has 86 valence electrons. The minimum atomic E-state index is -0.379. The predicted molar refractivity (Wildman–Crippen MR) is 59.7 cm³/mol. The van der Waals surface area contributed by atoms with Gasteiger partial charge in [0.2, 0.25) is 0 Å². The Balaban J connectivity index is 2.46. The van der Waals surface area contributed by atoms with Gasteiger partial charge in [0.05, 0.1) is 6.10 Å². The number of nitrogens with zero attached hydrogens (tertiary/aromatic N) is 2. The van der Waals surface area contributed by atoms with Crippen LogP contribution in [-0.4, -0.2) is 54.2 Å². The van der Waals surface area contributed by atoms with Gasteiger partial charge < -0.3 is 14.9 Å². The van der Waals surface area contributed by atoms with E-state index in [4.69, 9.17) is 0 Å². The summed E-state index contributed by atoms with van der Waals surface area (Å²) in [5.74, 6) is 0. The second-order valence-electron chi connectivity index (χ2n) is 4.23. The highest BCUT2D eigenvalue weighted by Gasteiger charge is 2.19. The van der Waals surface area contributed by atoms with E-state index < -0.39 is 0 Å². The van der Waals surface area contributed by atoms with Gasteiger partial charge in [0.25, 0.3) is 0 Å². The van der Waals surface area contributed by atoms with E-state index in [9.17, 15) is 9.90 Å². The fourth-order valence-electron chi connectivity index (χ4n) is 1.78. The van der Waals surface area contributed by atoms with Crippen LogP contribution in [0.15, 0.2) is 11.6 Å². The highest BCUT2D eigenvalue weighted by Crippen LogP contribution is 2.17. The molecule has 1 aliphatic rings. The topological polar surface area (TPSA) is 43.8 Å².